The fourth-order valence-electron chi connectivity index (χ4n) is 2.09. The van der Waals surface area contributed by atoms with Gasteiger partial charge in [-0.1, -0.05) is 29.8 Å². The second-order valence-corrected chi connectivity index (χ2v) is 5.97. The van der Waals surface area contributed by atoms with Gasteiger partial charge in [-0.05, 0) is 12.5 Å². The molecule has 1 amide bonds. The van der Waals surface area contributed by atoms with Crippen LogP contribution in [-0.2, 0) is 6.42 Å². The minimum absolute atomic E-state index is 0.133. The molecule has 1 heterocycles. The summed E-state index contributed by atoms with van der Waals surface area (Å²) in [4.78, 5) is 18.1. The Balaban J connectivity index is 2.06. The van der Waals surface area contributed by atoms with Crippen molar-refractivity contribution < 1.29 is 15.0 Å². The van der Waals surface area contributed by atoms with Gasteiger partial charge in [0.1, 0.15) is 5.69 Å². The third-order valence-electron chi connectivity index (χ3n) is 3.27. The average Bonchev–Trinajstić information content (AvgIpc) is 2.97. The Morgan fingerprint density at radius 1 is 1.18 bits per heavy atom. The molecule has 2 N–H and O–H groups in total. The van der Waals surface area contributed by atoms with Crippen molar-refractivity contribution in [3.8, 4) is 0 Å². The van der Waals surface area contributed by atoms with Gasteiger partial charge >= 0.3 is 0 Å². The Morgan fingerprint density at radius 3 is 2.41 bits per heavy atom. The maximum absolute atomic E-state index is 12.3. The standard InChI is InChI=1S/C16H20N2O3S/c1-12-2-4-13(5-3-12)10-15-17-14(11-22-15)16(21)18(6-8-19)7-9-20/h2-5,11,19-20H,6-10H2,1H3. The molecule has 22 heavy (non-hydrogen) atoms. The monoisotopic (exact) mass is 320 g/mol. The Bertz CT molecular complexity index is 604. The van der Waals surface area contributed by atoms with Crippen molar-refractivity contribution in [1.29, 1.82) is 0 Å². The summed E-state index contributed by atoms with van der Waals surface area (Å²) in [6.45, 7) is 2.17. The highest BCUT2D eigenvalue weighted by molar-refractivity contribution is 7.09. The molecule has 0 saturated heterocycles. The first-order valence-electron chi connectivity index (χ1n) is 7.15. The molecule has 0 radical (unpaired) electrons. The summed E-state index contributed by atoms with van der Waals surface area (Å²) in [6, 6.07) is 8.22. The first-order valence-corrected chi connectivity index (χ1v) is 8.03. The number of aromatic nitrogens is 1. The summed E-state index contributed by atoms with van der Waals surface area (Å²) in [7, 11) is 0. The summed E-state index contributed by atoms with van der Waals surface area (Å²) < 4.78 is 0. The molecular weight excluding hydrogens is 300 g/mol. The lowest BCUT2D eigenvalue weighted by Gasteiger charge is -2.19. The summed E-state index contributed by atoms with van der Waals surface area (Å²) in [5.74, 6) is -0.255. The number of carbonyl (C=O) groups excluding carboxylic acids is 1. The zero-order chi connectivity index (χ0) is 15.9. The number of aryl methyl sites for hydroxylation is 1. The molecule has 0 aliphatic rings. The Kier molecular flexibility index (Phi) is 6.06. The lowest BCUT2D eigenvalue weighted by Crippen LogP contribution is -2.36. The van der Waals surface area contributed by atoms with Gasteiger partial charge in [-0.15, -0.1) is 11.3 Å². The van der Waals surface area contributed by atoms with Gasteiger partial charge < -0.3 is 15.1 Å². The van der Waals surface area contributed by atoms with Crippen molar-refractivity contribution in [1.82, 2.24) is 9.88 Å². The number of hydrogen-bond donors (Lipinski definition) is 2. The smallest absolute Gasteiger partial charge is 0.273 e. The van der Waals surface area contributed by atoms with E-state index in [9.17, 15) is 4.79 Å². The van der Waals surface area contributed by atoms with E-state index in [-0.39, 0.29) is 32.2 Å². The topological polar surface area (TPSA) is 73.7 Å². The van der Waals surface area contributed by atoms with Crippen LogP contribution < -0.4 is 0 Å². The fourth-order valence-corrected chi connectivity index (χ4v) is 2.89. The van der Waals surface area contributed by atoms with Gasteiger partial charge in [-0.25, -0.2) is 4.98 Å². The van der Waals surface area contributed by atoms with Gasteiger partial charge in [0.15, 0.2) is 0 Å². The molecule has 0 atom stereocenters. The molecule has 0 bridgehead atoms. The number of thiazole rings is 1. The second kappa shape index (κ2) is 8.03. The Labute approximate surface area is 133 Å². The Hall–Kier alpha value is -1.76. The van der Waals surface area contributed by atoms with Crippen LogP contribution in [0.5, 0.6) is 0 Å². The van der Waals surface area contributed by atoms with Crippen LogP contribution >= 0.6 is 11.3 Å². The number of nitrogens with zero attached hydrogens (tertiary/aromatic N) is 2. The van der Waals surface area contributed by atoms with E-state index in [0.29, 0.717) is 12.1 Å². The molecule has 0 saturated carbocycles. The zero-order valence-electron chi connectivity index (χ0n) is 12.5. The molecule has 0 unspecified atom stereocenters. The number of aliphatic hydroxyl groups is 2. The zero-order valence-corrected chi connectivity index (χ0v) is 13.3. The molecular formula is C16H20N2O3S. The average molecular weight is 320 g/mol. The normalized spacial score (nSPS) is 10.7. The van der Waals surface area contributed by atoms with Crippen LogP contribution in [0, 0.1) is 6.92 Å². The van der Waals surface area contributed by atoms with E-state index in [4.69, 9.17) is 10.2 Å². The second-order valence-electron chi connectivity index (χ2n) is 5.03. The van der Waals surface area contributed by atoms with Gasteiger partial charge in [0.05, 0.1) is 18.2 Å². The first kappa shape index (κ1) is 16.6. The lowest BCUT2D eigenvalue weighted by atomic mass is 10.1. The first-order chi connectivity index (χ1) is 10.6. The highest BCUT2D eigenvalue weighted by Crippen LogP contribution is 2.16. The van der Waals surface area contributed by atoms with Crippen molar-refractivity contribution in [2.75, 3.05) is 26.3 Å². The molecule has 0 aliphatic carbocycles. The summed E-state index contributed by atoms with van der Waals surface area (Å²) in [6.07, 6.45) is 0.693. The third-order valence-corrected chi connectivity index (χ3v) is 4.12. The quantitative estimate of drug-likeness (QED) is 0.810. The molecule has 2 aromatic rings. The highest BCUT2D eigenvalue weighted by atomic mass is 32.1. The summed E-state index contributed by atoms with van der Waals surface area (Å²) in [5, 5.41) is 20.6. The highest BCUT2D eigenvalue weighted by Gasteiger charge is 2.18. The van der Waals surface area contributed by atoms with E-state index in [1.54, 1.807) is 5.38 Å². The number of aliphatic hydroxyl groups excluding tert-OH is 2. The predicted octanol–water partition coefficient (Wildman–Crippen LogP) is 1.47. The van der Waals surface area contributed by atoms with Crippen LogP contribution in [0.2, 0.25) is 0 Å². The minimum Gasteiger partial charge on any atom is -0.395 e. The van der Waals surface area contributed by atoms with Crippen molar-refractivity contribution in [3.63, 3.8) is 0 Å². The molecule has 1 aromatic carbocycles. The predicted molar refractivity (Wildman–Crippen MR) is 86.2 cm³/mol. The van der Waals surface area contributed by atoms with Crippen LogP contribution in [0.15, 0.2) is 29.6 Å². The molecule has 0 spiro atoms. The number of benzene rings is 1. The van der Waals surface area contributed by atoms with Crippen LogP contribution in [0.3, 0.4) is 0 Å². The molecule has 0 fully saturated rings. The van der Waals surface area contributed by atoms with E-state index in [1.807, 2.05) is 6.92 Å². The Morgan fingerprint density at radius 2 is 1.82 bits per heavy atom. The van der Waals surface area contributed by atoms with Crippen molar-refractivity contribution in [2.24, 2.45) is 0 Å². The lowest BCUT2D eigenvalue weighted by molar-refractivity contribution is 0.0679. The SMILES string of the molecule is Cc1ccc(Cc2nc(C(=O)N(CCO)CCO)cs2)cc1. The van der Waals surface area contributed by atoms with E-state index >= 15 is 0 Å². The van der Waals surface area contributed by atoms with Crippen LogP contribution in [-0.4, -0.2) is 52.3 Å². The summed E-state index contributed by atoms with van der Waals surface area (Å²) in [5.41, 5.74) is 2.73. The van der Waals surface area contributed by atoms with Crippen molar-refractivity contribution in [2.45, 2.75) is 13.3 Å². The van der Waals surface area contributed by atoms with E-state index in [2.05, 4.69) is 29.2 Å². The third kappa shape index (κ3) is 4.37. The molecule has 118 valence electrons. The molecule has 0 aliphatic heterocycles. The summed E-state index contributed by atoms with van der Waals surface area (Å²) >= 11 is 1.45. The van der Waals surface area contributed by atoms with Gasteiger partial charge in [-0.2, -0.15) is 0 Å². The van der Waals surface area contributed by atoms with Crippen molar-refractivity contribution in [3.05, 3.63) is 51.5 Å². The number of hydrogen-bond acceptors (Lipinski definition) is 5. The maximum atomic E-state index is 12.3. The van der Waals surface area contributed by atoms with Crippen LogP contribution in [0.4, 0.5) is 0 Å². The molecule has 1 aromatic heterocycles. The van der Waals surface area contributed by atoms with E-state index < -0.39 is 0 Å². The van der Waals surface area contributed by atoms with Crippen LogP contribution in [0.25, 0.3) is 0 Å². The molecule has 2 rings (SSSR count). The van der Waals surface area contributed by atoms with Gasteiger partial charge in [0, 0.05) is 24.9 Å². The largest absolute Gasteiger partial charge is 0.395 e. The maximum Gasteiger partial charge on any atom is 0.273 e. The number of rotatable bonds is 7. The minimum atomic E-state index is -0.255. The van der Waals surface area contributed by atoms with Crippen LogP contribution in [0.1, 0.15) is 26.6 Å². The molecule has 5 nitrogen and oxygen atoms in total. The van der Waals surface area contributed by atoms with Crippen molar-refractivity contribution >= 4 is 17.2 Å². The number of carbonyl (C=O) groups is 1. The number of amides is 1. The van der Waals surface area contributed by atoms with E-state index in [0.717, 1.165) is 10.6 Å². The van der Waals surface area contributed by atoms with Gasteiger partial charge in [0.25, 0.3) is 5.91 Å². The van der Waals surface area contributed by atoms with E-state index in [1.165, 1.54) is 21.8 Å². The van der Waals surface area contributed by atoms with Gasteiger partial charge in [-0.3, -0.25) is 4.79 Å². The molecule has 6 heteroatoms. The fraction of sp³-hybridized carbons (Fsp3) is 0.375. The van der Waals surface area contributed by atoms with Gasteiger partial charge in [0.2, 0.25) is 0 Å².